The van der Waals surface area contributed by atoms with Crippen molar-refractivity contribution in [2.45, 2.75) is 17.9 Å². The third kappa shape index (κ3) is 6.36. The number of ether oxygens (including phenoxy) is 1. The molecule has 12 heteroatoms. The summed E-state index contributed by atoms with van der Waals surface area (Å²) in [6.45, 7) is 0.356. The van der Waals surface area contributed by atoms with E-state index in [1.807, 2.05) is 5.32 Å². The van der Waals surface area contributed by atoms with E-state index in [1.54, 1.807) is 0 Å². The number of rotatable bonds is 7. The van der Waals surface area contributed by atoms with Crippen molar-refractivity contribution in [3.63, 3.8) is 0 Å². The SMILES string of the molecule is CC(NS(=O)(=O)c1ccc(Cl)c(Cl)c1)C(=O)OCC(=O)Nc1cc(F)ccc1F. The molecule has 7 nitrogen and oxygen atoms in total. The zero-order chi connectivity index (χ0) is 21.8. The quantitative estimate of drug-likeness (QED) is 0.610. The van der Waals surface area contributed by atoms with E-state index >= 15 is 0 Å². The Bertz CT molecular complexity index is 1050. The third-order valence-corrected chi connectivity index (χ3v) is 5.71. The molecule has 0 spiro atoms. The van der Waals surface area contributed by atoms with Gasteiger partial charge in [-0.05, 0) is 37.3 Å². The standard InChI is InChI=1S/C17H14Cl2F2N2O5S/c1-9(23-29(26,27)11-3-4-12(18)13(19)7-11)17(25)28-8-16(24)22-15-6-10(20)2-5-14(15)21/h2-7,9,23H,8H2,1H3,(H,22,24). The summed E-state index contributed by atoms with van der Waals surface area (Å²) in [6.07, 6.45) is 0. The number of anilines is 1. The Morgan fingerprint density at radius 3 is 2.45 bits per heavy atom. The van der Waals surface area contributed by atoms with Gasteiger partial charge in [-0.25, -0.2) is 17.2 Å². The van der Waals surface area contributed by atoms with Crippen LogP contribution in [0.3, 0.4) is 0 Å². The van der Waals surface area contributed by atoms with Crippen molar-refractivity contribution in [3.05, 3.63) is 58.1 Å². The van der Waals surface area contributed by atoms with Crippen molar-refractivity contribution < 1.29 is 31.5 Å². The van der Waals surface area contributed by atoms with E-state index in [0.29, 0.717) is 0 Å². The summed E-state index contributed by atoms with van der Waals surface area (Å²) in [5, 5.41) is 2.19. The largest absolute Gasteiger partial charge is 0.454 e. The minimum Gasteiger partial charge on any atom is -0.454 e. The summed E-state index contributed by atoms with van der Waals surface area (Å²) in [4.78, 5) is 23.4. The molecule has 0 aliphatic heterocycles. The second-order valence-corrected chi connectivity index (χ2v) is 8.23. The molecule has 2 aromatic rings. The molecule has 0 radical (unpaired) electrons. The van der Waals surface area contributed by atoms with Crippen LogP contribution in [0, 0.1) is 11.6 Å². The summed E-state index contributed by atoms with van der Waals surface area (Å²) in [6, 6.07) is 4.65. The van der Waals surface area contributed by atoms with Crippen LogP contribution in [0.15, 0.2) is 41.3 Å². The first kappa shape index (κ1) is 23.0. The van der Waals surface area contributed by atoms with Crippen LogP contribution in [-0.2, 0) is 24.3 Å². The van der Waals surface area contributed by atoms with E-state index < -0.39 is 51.9 Å². The Hall–Kier alpha value is -2.27. The Kier molecular flexibility index (Phi) is 7.53. The number of hydrogen-bond donors (Lipinski definition) is 2. The van der Waals surface area contributed by atoms with Crippen molar-refractivity contribution in [3.8, 4) is 0 Å². The molecule has 0 fully saturated rings. The Morgan fingerprint density at radius 1 is 1.10 bits per heavy atom. The van der Waals surface area contributed by atoms with E-state index in [0.717, 1.165) is 24.3 Å². The molecule has 0 saturated carbocycles. The lowest BCUT2D eigenvalue weighted by Crippen LogP contribution is -2.40. The molecule has 0 saturated heterocycles. The molecule has 0 aliphatic carbocycles. The van der Waals surface area contributed by atoms with Gasteiger partial charge >= 0.3 is 5.97 Å². The summed E-state index contributed by atoms with van der Waals surface area (Å²) < 4.78 is 57.9. The van der Waals surface area contributed by atoms with Gasteiger partial charge in [-0.2, -0.15) is 4.72 Å². The Balaban J connectivity index is 1.93. The first-order chi connectivity index (χ1) is 13.5. The fraction of sp³-hybridized carbons (Fsp3) is 0.176. The average molecular weight is 467 g/mol. The van der Waals surface area contributed by atoms with Crippen molar-refractivity contribution >= 4 is 50.8 Å². The molecule has 0 bridgehead atoms. The molecule has 29 heavy (non-hydrogen) atoms. The monoisotopic (exact) mass is 466 g/mol. The van der Waals surface area contributed by atoms with Gasteiger partial charge in [0, 0.05) is 6.07 Å². The molecule has 0 aromatic heterocycles. The molecule has 2 N–H and O–H groups in total. The van der Waals surface area contributed by atoms with Gasteiger partial charge in [-0.1, -0.05) is 23.2 Å². The van der Waals surface area contributed by atoms with Gasteiger partial charge < -0.3 is 10.1 Å². The number of carbonyl (C=O) groups is 2. The minimum atomic E-state index is -4.13. The highest BCUT2D eigenvalue weighted by molar-refractivity contribution is 7.89. The highest BCUT2D eigenvalue weighted by Gasteiger charge is 2.24. The molecular formula is C17H14Cl2F2N2O5S. The first-order valence-electron chi connectivity index (χ1n) is 7.88. The van der Waals surface area contributed by atoms with Gasteiger partial charge in [-0.15, -0.1) is 0 Å². The zero-order valence-electron chi connectivity index (χ0n) is 14.7. The number of carbonyl (C=O) groups excluding carboxylic acids is 2. The van der Waals surface area contributed by atoms with Gasteiger partial charge in [0.2, 0.25) is 10.0 Å². The molecule has 1 unspecified atom stereocenters. The van der Waals surface area contributed by atoms with E-state index in [2.05, 4.69) is 4.72 Å². The number of benzene rings is 2. The normalized spacial score (nSPS) is 12.3. The molecule has 1 amide bonds. The number of sulfonamides is 1. The number of amides is 1. The molecule has 2 rings (SSSR count). The van der Waals surface area contributed by atoms with Gasteiger partial charge in [0.15, 0.2) is 6.61 Å². The number of halogens is 4. The third-order valence-electron chi connectivity index (χ3n) is 3.43. The van der Waals surface area contributed by atoms with E-state index in [1.165, 1.54) is 19.1 Å². The van der Waals surface area contributed by atoms with Crippen molar-refractivity contribution in [2.75, 3.05) is 11.9 Å². The fourth-order valence-electron chi connectivity index (χ4n) is 2.03. The molecule has 0 aliphatic rings. The van der Waals surface area contributed by atoms with Gasteiger partial charge in [0.1, 0.15) is 17.7 Å². The lowest BCUT2D eigenvalue weighted by Gasteiger charge is -2.14. The second-order valence-electron chi connectivity index (χ2n) is 5.70. The maximum Gasteiger partial charge on any atom is 0.324 e. The smallest absolute Gasteiger partial charge is 0.324 e. The lowest BCUT2D eigenvalue weighted by atomic mass is 10.3. The topological polar surface area (TPSA) is 102 Å². The van der Waals surface area contributed by atoms with Crippen molar-refractivity contribution in [1.29, 1.82) is 0 Å². The van der Waals surface area contributed by atoms with Gasteiger partial charge in [0.25, 0.3) is 5.91 Å². The molecule has 156 valence electrons. The Labute approximate surface area is 175 Å². The maximum atomic E-state index is 13.5. The van der Waals surface area contributed by atoms with Crippen LogP contribution in [0.1, 0.15) is 6.92 Å². The van der Waals surface area contributed by atoms with Gasteiger partial charge in [-0.3, -0.25) is 9.59 Å². The van der Waals surface area contributed by atoms with Crippen LogP contribution in [0.4, 0.5) is 14.5 Å². The van der Waals surface area contributed by atoms with Crippen LogP contribution < -0.4 is 10.0 Å². The van der Waals surface area contributed by atoms with Crippen molar-refractivity contribution in [1.82, 2.24) is 4.72 Å². The van der Waals surface area contributed by atoms with E-state index in [4.69, 9.17) is 27.9 Å². The van der Waals surface area contributed by atoms with Crippen LogP contribution in [0.25, 0.3) is 0 Å². The zero-order valence-corrected chi connectivity index (χ0v) is 17.0. The van der Waals surface area contributed by atoms with Crippen LogP contribution in [-0.4, -0.2) is 32.9 Å². The molecule has 1 atom stereocenters. The van der Waals surface area contributed by atoms with Gasteiger partial charge in [0.05, 0.1) is 20.6 Å². The summed E-state index contributed by atoms with van der Waals surface area (Å²) >= 11 is 11.5. The predicted molar refractivity (Wildman–Crippen MR) is 102 cm³/mol. The second kappa shape index (κ2) is 9.49. The fourth-order valence-corrected chi connectivity index (χ4v) is 3.61. The van der Waals surface area contributed by atoms with E-state index in [-0.39, 0.29) is 14.9 Å². The Morgan fingerprint density at radius 2 is 1.79 bits per heavy atom. The number of nitrogens with one attached hydrogen (secondary N) is 2. The van der Waals surface area contributed by atoms with Crippen LogP contribution >= 0.6 is 23.2 Å². The van der Waals surface area contributed by atoms with Crippen molar-refractivity contribution in [2.24, 2.45) is 0 Å². The van der Waals surface area contributed by atoms with E-state index in [9.17, 15) is 26.8 Å². The predicted octanol–water partition coefficient (Wildman–Crippen LogP) is 3.12. The highest BCUT2D eigenvalue weighted by atomic mass is 35.5. The average Bonchev–Trinajstić information content (AvgIpc) is 2.64. The summed E-state index contributed by atoms with van der Waals surface area (Å²) in [7, 11) is -4.13. The maximum absolute atomic E-state index is 13.5. The first-order valence-corrected chi connectivity index (χ1v) is 10.1. The molecule has 2 aromatic carbocycles. The highest BCUT2D eigenvalue weighted by Crippen LogP contribution is 2.24. The number of esters is 1. The molecular weight excluding hydrogens is 453 g/mol. The lowest BCUT2D eigenvalue weighted by molar-refractivity contribution is -0.148. The number of hydrogen-bond acceptors (Lipinski definition) is 5. The minimum absolute atomic E-state index is 0.00558. The summed E-state index contributed by atoms with van der Waals surface area (Å²) in [5.74, 6) is -3.66. The van der Waals surface area contributed by atoms with Crippen LogP contribution in [0.2, 0.25) is 10.0 Å². The van der Waals surface area contributed by atoms with Crippen LogP contribution in [0.5, 0.6) is 0 Å². The summed E-state index contributed by atoms with van der Waals surface area (Å²) in [5.41, 5.74) is -0.431. The molecule has 0 heterocycles.